The van der Waals surface area contributed by atoms with Gasteiger partial charge >= 0.3 is 0 Å². The molecule has 144 valence electrons. The number of nitrogens with one attached hydrogen (secondary N) is 2. The minimum absolute atomic E-state index is 0.212. The maximum Gasteiger partial charge on any atom is 0.291 e. The number of aryl methyl sites for hydroxylation is 1. The van der Waals surface area contributed by atoms with Crippen molar-refractivity contribution in [2.75, 3.05) is 11.9 Å². The van der Waals surface area contributed by atoms with Crippen LogP contribution >= 0.6 is 15.9 Å². The molecule has 3 rings (SSSR count). The molecule has 1 heterocycles. The number of hydrogen-bond acceptors (Lipinski definition) is 3. The van der Waals surface area contributed by atoms with Crippen LogP contribution in [0.15, 0.2) is 69.8 Å². The zero-order chi connectivity index (χ0) is 19.9. The van der Waals surface area contributed by atoms with Crippen LogP contribution in [-0.2, 0) is 6.42 Å². The van der Waals surface area contributed by atoms with Gasteiger partial charge in [-0.15, -0.1) is 0 Å². The predicted molar refractivity (Wildman–Crippen MR) is 108 cm³/mol. The number of anilines is 1. The van der Waals surface area contributed by atoms with E-state index < -0.39 is 0 Å². The average Bonchev–Trinajstić information content (AvgIpc) is 3.22. The molecule has 0 bridgehead atoms. The molecule has 0 spiro atoms. The number of halogens is 2. The Hall–Kier alpha value is -2.93. The summed E-state index contributed by atoms with van der Waals surface area (Å²) in [6, 6.07) is 14.7. The van der Waals surface area contributed by atoms with Crippen LogP contribution in [0.2, 0.25) is 0 Å². The van der Waals surface area contributed by atoms with Gasteiger partial charge in [-0.25, -0.2) is 4.39 Å². The summed E-state index contributed by atoms with van der Waals surface area (Å²) in [6.07, 6.45) is 2.59. The van der Waals surface area contributed by atoms with Crippen molar-refractivity contribution in [3.63, 3.8) is 0 Å². The average molecular weight is 445 g/mol. The van der Waals surface area contributed by atoms with Crippen LogP contribution in [0, 0.1) is 5.82 Å². The summed E-state index contributed by atoms with van der Waals surface area (Å²) >= 11 is 3.23. The van der Waals surface area contributed by atoms with Crippen molar-refractivity contribution in [3.05, 3.63) is 88.0 Å². The Morgan fingerprint density at radius 3 is 2.50 bits per heavy atom. The van der Waals surface area contributed by atoms with E-state index in [-0.39, 0.29) is 23.4 Å². The summed E-state index contributed by atoms with van der Waals surface area (Å²) in [5, 5.41) is 5.50. The molecular formula is C21H18BrFN2O3. The van der Waals surface area contributed by atoms with Crippen molar-refractivity contribution >= 4 is 33.4 Å². The lowest BCUT2D eigenvalue weighted by molar-refractivity contribution is 0.0952. The molecule has 5 nitrogen and oxygen atoms in total. The monoisotopic (exact) mass is 444 g/mol. The second-order valence-electron chi connectivity index (χ2n) is 6.10. The van der Waals surface area contributed by atoms with Crippen LogP contribution in [-0.4, -0.2) is 18.4 Å². The fourth-order valence-corrected chi connectivity index (χ4v) is 2.95. The second-order valence-corrected chi connectivity index (χ2v) is 7.02. The van der Waals surface area contributed by atoms with E-state index in [1.54, 1.807) is 48.5 Å². The van der Waals surface area contributed by atoms with Crippen molar-refractivity contribution in [3.8, 4) is 0 Å². The number of benzene rings is 2. The predicted octanol–water partition coefficient (Wildman–Crippen LogP) is 4.80. The van der Waals surface area contributed by atoms with Gasteiger partial charge < -0.3 is 15.1 Å². The summed E-state index contributed by atoms with van der Waals surface area (Å²) < 4.78 is 19.5. The van der Waals surface area contributed by atoms with E-state index in [0.717, 1.165) is 0 Å². The van der Waals surface area contributed by atoms with E-state index >= 15 is 0 Å². The maximum atomic E-state index is 13.8. The van der Waals surface area contributed by atoms with Crippen molar-refractivity contribution in [2.45, 2.75) is 12.8 Å². The third-order valence-electron chi connectivity index (χ3n) is 4.07. The van der Waals surface area contributed by atoms with Crippen LogP contribution in [0.4, 0.5) is 10.1 Å². The quantitative estimate of drug-likeness (QED) is 0.514. The normalized spacial score (nSPS) is 10.5. The molecule has 0 radical (unpaired) electrons. The van der Waals surface area contributed by atoms with Gasteiger partial charge in [0.25, 0.3) is 11.8 Å². The Bertz CT molecular complexity index is 956. The SMILES string of the molecule is O=C(NCCCc1ccc(Br)cc1F)c1ccc(NC(=O)c2ccco2)cc1. The van der Waals surface area contributed by atoms with Gasteiger partial charge in [0.2, 0.25) is 0 Å². The zero-order valence-corrected chi connectivity index (χ0v) is 16.5. The molecule has 0 aliphatic heterocycles. The van der Waals surface area contributed by atoms with E-state index in [9.17, 15) is 14.0 Å². The molecule has 0 saturated heterocycles. The number of furan rings is 1. The second kappa shape index (κ2) is 9.32. The minimum atomic E-state index is -0.359. The molecule has 3 aromatic rings. The van der Waals surface area contributed by atoms with E-state index in [1.165, 1.54) is 12.3 Å². The Balaban J connectivity index is 1.46. The van der Waals surface area contributed by atoms with Crippen LogP contribution < -0.4 is 10.6 Å². The van der Waals surface area contributed by atoms with E-state index in [4.69, 9.17) is 4.42 Å². The van der Waals surface area contributed by atoms with Crippen molar-refractivity contribution in [1.82, 2.24) is 5.32 Å². The Morgan fingerprint density at radius 1 is 1.04 bits per heavy atom. The summed E-state index contributed by atoms with van der Waals surface area (Å²) in [4.78, 5) is 24.1. The fraction of sp³-hybridized carbons (Fsp3) is 0.143. The first-order valence-corrected chi connectivity index (χ1v) is 9.49. The first kappa shape index (κ1) is 19.8. The number of hydrogen-bond donors (Lipinski definition) is 2. The molecule has 0 aliphatic carbocycles. The summed E-state index contributed by atoms with van der Waals surface area (Å²) in [7, 11) is 0. The summed E-state index contributed by atoms with van der Waals surface area (Å²) in [6.45, 7) is 0.436. The molecule has 2 N–H and O–H groups in total. The molecule has 2 amide bonds. The zero-order valence-electron chi connectivity index (χ0n) is 14.9. The summed E-state index contributed by atoms with van der Waals surface area (Å²) in [5.41, 5.74) is 1.66. The third-order valence-corrected chi connectivity index (χ3v) is 4.57. The van der Waals surface area contributed by atoms with Gasteiger partial charge in [0.1, 0.15) is 5.82 Å². The Kier molecular flexibility index (Phi) is 6.60. The standard InChI is InChI=1S/C21H18BrFN2O3/c22-16-8-5-14(18(23)13-16)3-1-11-24-20(26)15-6-9-17(10-7-15)25-21(27)19-4-2-12-28-19/h2,4-10,12-13H,1,3,11H2,(H,24,26)(H,25,27). The van der Waals surface area contributed by atoms with Gasteiger partial charge in [-0.3, -0.25) is 9.59 Å². The minimum Gasteiger partial charge on any atom is -0.459 e. The van der Waals surface area contributed by atoms with Gasteiger partial charge in [0.15, 0.2) is 5.76 Å². The maximum absolute atomic E-state index is 13.8. The number of amides is 2. The van der Waals surface area contributed by atoms with Gasteiger partial charge in [0, 0.05) is 22.3 Å². The highest BCUT2D eigenvalue weighted by molar-refractivity contribution is 9.10. The van der Waals surface area contributed by atoms with Gasteiger partial charge in [-0.2, -0.15) is 0 Å². The lowest BCUT2D eigenvalue weighted by Gasteiger charge is -2.08. The molecule has 7 heteroatoms. The van der Waals surface area contributed by atoms with Crippen molar-refractivity contribution in [2.24, 2.45) is 0 Å². The molecule has 1 aromatic heterocycles. The van der Waals surface area contributed by atoms with Crippen molar-refractivity contribution < 1.29 is 18.4 Å². The van der Waals surface area contributed by atoms with Crippen LogP contribution in [0.25, 0.3) is 0 Å². The number of carbonyl (C=O) groups is 2. The highest BCUT2D eigenvalue weighted by Gasteiger charge is 2.10. The van der Waals surface area contributed by atoms with E-state index in [0.29, 0.717) is 40.7 Å². The largest absolute Gasteiger partial charge is 0.459 e. The molecular weight excluding hydrogens is 427 g/mol. The van der Waals surface area contributed by atoms with Crippen LogP contribution in [0.1, 0.15) is 32.9 Å². The molecule has 28 heavy (non-hydrogen) atoms. The smallest absolute Gasteiger partial charge is 0.291 e. The van der Waals surface area contributed by atoms with Crippen LogP contribution in [0.3, 0.4) is 0 Å². The Morgan fingerprint density at radius 2 is 1.82 bits per heavy atom. The molecule has 0 saturated carbocycles. The van der Waals surface area contributed by atoms with Gasteiger partial charge in [-0.05, 0) is 66.9 Å². The van der Waals surface area contributed by atoms with E-state index in [2.05, 4.69) is 26.6 Å². The lowest BCUT2D eigenvalue weighted by Crippen LogP contribution is -2.24. The number of carbonyl (C=O) groups excluding carboxylic acids is 2. The van der Waals surface area contributed by atoms with Gasteiger partial charge in [0.05, 0.1) is 6.26 Å². The van der Waals surface area contributed by atoms with Crippen molar-refractivity contribution in [1.29, 1.82) is 0 Å². The highest BCUT2D eigenvalue weighted by atomic mass is 79.9. The first-order chi connectivity index (χ1) is 13.5. The lowest BCUT2D eigenvalue weighted by atomic mass is 10.1. The molecule has 0 unspecified atom stereocenters. The van der Waals surface area contributed by atoms with Crippen LogP contribution in [0.5, 0.6) is 0 Å². The fourth-order valence-electron chi connectivity index (χ4n) is 2.61. The first-order valence-electron chi connectivity index (χ1n) is 8.70. The number of rotatable bonds is 7. The summed E-state index contributed by atoms with van der Waals surface area (Å²) in [5.74, 6) is -0.625. The Labute approximate surface area is 170 Å². The molecule has 2 aromatic carbocycles. The molecule has 0 atom stereocenters. The van der Waals surface area contributed by atoms with Gasteiger partial charge in [-0.1, -0.05) is 22.0 Å². The molecule has 0 aliphatic rings. The van der Waals surface area contributed by atoms with E-state index in [1.807, 2.05) is 0 Å². The topological polar surface area (TPSA) is 71.3 Å². The highest BCUT2D eigenvalue weighted by Crippen LogP contribution is 2.16. The third kappa shape index (κ3) is 5.29. The molecule has 0 fully saturated rings.